The Morgan fingerprint density at radius 2 is 1.60 bits per heavy atom. The summed E-state index contributed by atoms with van der Waals surface area (Å²) in [7, 11) is -2.59. The first-order chi connectivity index (χ1) is 22.6. The molecule has 10 heteroatoms. The number of benzene rings is 4. The van der Waals surface area contributed by atoms with Gasteiger partial charge < -0.3 is 15.4 Å². The summed E-state index contributed by atoms with van der Waals surface area (Å²) in [5.74, 6) is -1.21. The first kappa shape index (κ1) is 36.4. The highest BCUT2D eigenvalue weighted by molar-refractivity contribution is 7.85. The fourth-order valence-electron chi connectivity index (χ4n) is 5.12. The number of allylic oxidation sites excluding steroid dienone is 1. The molecule has 0 fully saturated rings. The van der Waals surface area contributed by atoms with Crippen LogP contribution in [0.4, 0.5) is 5.69 Å². The van der Waals surface area contributed by atoms with Gasteiger partial charge in [-0.25, -0.2) is 0 Å². The standard InChI is InChI=1S/C38H41ClN2O6S/c1-25-22-30(39)14-16-32(25)33-17-15-31(24-35(33)47-5)41-37(43)34(28-10-6-26(7-11-28)18-19-38(2,3)4)23-27-8-12-29(13-9-27)36(42)40-20-21-48(44,45)46/h6-19,22,24,34H,20-21,23H2,1-5H3,(H,40,42)(H,41,43)(H,44,45,46)/b19-18+. The molecular formula is C38H41ClN2O6S. The number of amides is 2. The lowest BCUT2D eigenvalue weighted by molar-refractivity contribution is -0.117. The third-order valence-electron chi connectivity index (χ3n) is 7.68. The van der Waals surface area contributed by atoms with Gasteiger partial charge in [-0.15, -0.1) is 0 Å². The number of anilines is 1. The van der Waals surface area contributed by atoms with Crippen molar-refractivity contribution in [2.75, 3.05) is 24.7 Å². The van der Waals surface area contributed by atoms with E-state index < -0.39 is 27.7 Å². The maximum absolute atomic E-state index is 14.0. The van der Waals surface area contributed by atoms with Crippen LogP contribution in [0.5, 0.6) is 5.75 Å². The summed E-state index contributed by atoms with van der Waals surface area (Å²) in [4.78, 5) is 26.4. The smallest absolute Gasteiger partial charge is 0.266 e. The van der Waals surface area contributed by atoms with Gasteiger partial charge >= 0.3 is 0 Å². The molecule has 8 nitrogen and oxygen atoms in total. The molecule has 0 spiro atoms. The van der Waals surface area contributed by atoms with Gasteiger partial charge in [-0.1, -0.05) is 87.0 Å². The first-order valence-electron chi connectivity index (χ1n) is 15.5. The van der Waals surface area contributed by atoms with Crippen molar-refractivity contribution >= 4 is 45.3 Å². The zero-order valence-corrected chi connectivity index (χ0v) is 29.3. The van der Waals surface area contributed by atoms with Crippen molar-refractivity contribution in [1.29, 1.82) is 0 Å². The molecule has 1 atom stereocenters. The Kier molecular flexibility index (Phi) is 11.9. The molecule has 48 heavy (non-hydrogen) atoms. The molecular weight excluding hydrogens is 648 g/mol. The molecule has 4 rings (SSSR count). The number of nitrogens with one attached hydrogen (secondary N) is 2. The number of hydrogen-bond acceptors (Lipinski definition) is 5. The largest absolute Gasteiger partial charge is 0.496 e. The van der Waals surface area contributed by atoms with E-state index >= 15 is 0 Å². The van der Waals surface area contributed by atoms with Crippen LogP contribution in [0.25, 0.3) is 17.2 Å². The number of ether oxygens (including phenoxy) is 1. The number of rotatable bonds is 12. The van der Waals surface area contributed by atoms with E-state index in [0.717, 1.165) is 33.4 Å². The Hall–Kier alpha value is -4.44. The molecule has 2 amide bonds. The van der Waals surface area contributed by atoms with Crippen molar-refractivity contribution < 1.29 is 27.3 Å². The minimum Gasteiger partial charge on any atom is -0.496 e. The molecule has 0 bridgehead atoms. The van der Waals surface area contributed by atoms with Crippen molar-refractivity contribution in [3.8, 4) is 16.9 Å². The second kappa shape index (κ2) is 15.6. The quantitative estimate of drug-likeness (QED) is 0.130. The molecule has 0 saturated heterocycles. The van der Waals surface area contributed by atoms with Gasteiger partial charge in [0.1, 0.15) is 5.75 Å². The normalized spacial score (nSPS) is 12.5. The number of methoxy groups -OCH3 is 1. The molecule has 0 heterocycles. The van der Waals surface area contributed by atoms with Crippen LogP contribution in [0.15, 0.2) is 91.0 Å². The molecule has 0 saturated carbocycles. The third kappa shape index (κ3) is 10.5. The molecule has 0 aromatic heterocycles. The summed E-state index contributed by atoms with van der Waals surface area (Å²) in [6.07, 6.45) is 4.55. The van der Waals surface area contributed by atoms with Crippen LogP contribution in [0, 0.1) is 12.3 Å². The summed E-state index contributed by atoms with van der Waals surface area (Å²) in [5, 5.41) is 6.20. The molecule has 0 aliphatic rings. The average molecular weight is 689 g/mol. The Balaban J connectivity index is 1.59. The zero-order valence-electron chi connectivity index (χ0n) is 27.7. The van der Waals surface area contributed by atoms with Gasteiger partial charge in [-0.2, -0.15) is 8.42 Å². The molecule has 252 valence electrons. The first-order valence-corrected chi connectivity index (χ1v) is 17.5. The SMILES string of the molecule is COc1cc(NC(=O)C(Cc2ccc(C(=O)NCCS(=O)(=O)O)cc2)c2ccc(/C=C/C(C)(C)C)cc2)ccc1-c1ccc(Cl)cc1C. The highest BCUT2D eigenvalue weighted by Crippen LogP contribution is 2.36. The second-order valence-corrected chi connectivity index (χ2v) is 14.7. The topological polar surface area (TPSA) is 122 Å². The molecule has 0 aliphatic carbocycles. The Labute approximate surface area is 287 Å². The van der Waals surface area contributed by atoms with Gasteiger partial charge in [0, 0.05) is 34.4 Å². The summed E-state index contributed by atoms with van der Waals surface area (Å²) >= 11 is 6.17. The maximum Gasteiger partial charge on any atom is 0.266 e. The number of carbonyl (C=O) groups is 2. The van der Waals surface area contributed by atoms with Gasteiger partial charge in [0.2, 0.25) is 5.91 Å². The molecule has 0 radical (unpaired) electrons. The lowest BCUT2D eigenvalue weighted by atomic mass is 9.89. The molecule has 4 aromatic carbocycles. The number of halogens is 1. The highest BCUT2D eigenvalue weighted by Gasteiger charge is 2.23. The Morgan fingerprint density at radius 3 is 2.21 bits per heavy atom. The predicted molar refractivity (Wildman–Crippen MR) is 193 cm³/mol. The van der Waals surface area contributed by atoms with Crippen molar-refractivity contribution in [3.05, 3.63) is 124 Å². The van der Waals surface area contributed by atoms with E-state index in [1.807, 2.05) is 61.5 Å². The van der Waals surface area contributed by atoms with E-state index in [2.05, 4.69) is 43.6 Å². The van der Waals surface area contributed by atoms with Gasteiger partial charge in [0.05, 0.1) is 18.8 Å². The fraction of sp³-hybridized carbons (Fsp3) is 0.263. The molecule has 3 N–H and O–H groups in total. The highest BCUT2D eigenvalue weighted by atomic mass is 35.5. The minimum absolute atomic E-state index is 0.0313. The van der Waals surface area contributed by atoms with E-state index in [4.69, 9.17) is 20.9 Å². The van der Waals surface area contributed by atoms with E-state index in [1.165, 1.54) is 0 Å². The molecule has 1 unspecified atom stereocenters. The van der Waals surface area contributed by atoms with Gasteiger partial charge in [0.25, 0.3) is 16.0 Å². The number of hydrogen-bond donors (Lipinski definition) is 3. The summed E-state index contributed by atoms with van der Waals surface area (Å²) in [6, 6.07) is 25.9. The van der Waals surface area contributed by atoms with Crippen LogP contribution < -0.4 is 15.4 Å². The van der Waals surface area contributed by atoms with Crippen molar-refractivity contribution in [3.63, 3.8) is 0 Å². The van der Waals surface area contributed by atoms with E-state index in [-0.39, 0.29) is 17.9 Å². The number of aryl methyl sites for hydroxylation is 1. The van der Waals surface area contributed by atoms with Gasteiger partial charge in [-0.3, -0.25) is 14.1 Å². The summed E-state index contributed by atoms with van der Waals surface area (Å²) < 4.78 is 36.5. The predicted octanol–water partition coefficient (Wildman–Crippen LogP) is 7.97. The molecule has 4 aromatic rings. The van der Waals surface area contributed by atoms with Crippen LogP contribution in [0.3, 0.4) is 0 Å². The van der Waals surface area contributed by atoms with Crippen LogP contribution in [-0.4, -0.2) is 44.2 Å². The van der Waals surface area contributed by atoms with Crippen molar-refractivity contribution in [2.45, 2.75) is 40.0 Å². The molecule has 0 aliphatic heterocycles. The van der Waals surface area contributed by atoms with Crippen molar-refractivity contribution in [1.82, 2.24) is 5.32 Å². The van der Waals surface area contributed by atoms with Gasteiger partial charge in [0.15, 0.2) is 0 Å². The maximum atomic E-state index is 14.0. The fourth-order valence-corrected chi connectivity index (χ4v) is 5.71. The lowest BCUT2D eigenvalue weighted by Gasteiger charge is -2.19. The van der Waals surface area contributed by atoms with Crippen LogP contribution in [-0.2, 0) is 21.3 Å². The van der Waals surface area contributed by atoms with Crippen LogP contribution >= 0.6 is 11.6 Å². The number of carbonyl (C=O) groups excluding carboxylic acids is 2. The van der Waals surface area contributed by atoms with E-state index in [9.17, 15) is 18.0 Å². The summed E-state index contributed by atoms with van der Waals surface area (Å²) in [5.41, 5.74) is 6.47. The summed E-state index contributed by atoms with van der Waals surface area (Å²) in [6.45, 7) is 8.15. The Bertz CT molecular complexity index is 1900. The third-order valence-corrected chi connectivity index (χ3v) is 8.64. The average Bonchev–Trinajstić information content (AvgIpc) is 3.02. The van der Waals surface area contributed by atoms with E-state index in [0.29, 0.717) is 28.4 Å². The van der Waals surface area contributed by atoms with Crippen LogP contribution in [0.2, 0.25) is 5.02 Å². The lowest BCUT2D eigenvalue weighted by Crippen LogP contribution is -2.28. The monoisotopic (exact) mass is 688 g/mol. The van der Waals surface area contributed by atoms with Crippen molar-refractivity contribution in [2.24, 2.45) is 5.41 Å². The minimum atomic E-state index is -4.18. The second-order valence-electron chi connectivity index (χ2n) is 12.7. The van der Waals surface area contributed by atoms with Gasteiger partial charge in [-0.05, 0) is 83.0 Å². The Morgan fingerprint density at radius 1 is 0.938 bits per heavy atom. The zero-order chi connectivity index (χ0) is 35.1. The van der Waals surface area contributed by atoms with E-state index in [1.54, 1.807) is 37.4 Å². The van der Waals surface area contributed by atoms with Crippen LogP contribution in [0.1, 0.15) is 59.3 Å².